The number of nitrogens with two attached hydrogens (primary N) is 1. The molecule has 1 saturated carbocycles. The maximum absolute atomic E-state index is 14.0. The molecule has 4 heteroatoms. The molecule has 2 atom stereocenters. The summed E-state index contributed by atoms with van der Waals surface area (Å²) in [6.07, 6.45) is 3.12. The number of benzene rings is 1. The third kappa shape index (κ3) is 2.52. The summed E-state index contributed by atoms with van der Waals surface area (Å²) in [5.41, 5.74) is 6.62. The highest BCUT2D eigenvalue weighted by Gasteiger charge is 2.51. The Kier molecular flexibility index (Phi) is 3.05. The normalized spacial score (nSPS) is 30.5. The van der Waals surface area contributed by atoms with Crippen molar-refractivity contribution in [3.05, 3.63) is 29.6 Å². The first-order valence-electron chi connectivity index (χ1n) is 7.55. The van der Waals surface area contributed by atoms with Gasteiger partial charge in [0.15, 0.2) is 0 Å². The third-order valence-electron chi connectivity index (χ3n) is 4.90. The van der Waals surface area contributed by atoms with E-state index < -0.39 is 5.82 Å². The molecule has 2 unspecified atom stereocenters. The SMILES string of the molecule is CC1(C)CC2CC(C)(CN2C(=O)c2cc(N)ccc2F)C1. The van der Waals surface area contributed by atoms with Gasteiger partial charge in [-0.3, -0.25) is 4.79 Å². The lowest BCUT2D eigenvalue weighted by atomic mass is 9.65. The van der Waals surface area contributed by atoms with Crippen LogP contribution in [0.15, 0.2) is 18.2 Å². The Morgan fingerprint density at radius 2 is 2.05 bits per heavy atom. The maximum Gasteiger partial charge on any atom is 0.257 e. The number of fused-ring (bicyclic) bond motifs is 2. The lowest BCUT2D eigenvalue weighted by Crippen LogP contribution is -2.38. The predicted molar refractivity (Wildman–Crippen MR) is 81.4 cm³/mol. The summed E-state index contributed by atoms with van der Waals surface area (Å²) in [4.78, 5) is 14.6. The van der Waals surface area contributed by atoms with E-state index in [0.29, 0.717) is 12.2 Å². The van der Waals surface area contributed by atoms with E-state index in [4.69, 9.17) is 5.73 Å². The van der Waals surface area contributed by atoms with Gasteiger partial charge in [0.05, 0.1) is 5.56 Å². The topological polar surface area (TPSA) is 46.3 Å². The summed E-state index contributed by atoms with van der Waals surface area (Å²) >= 11 is 0. The molecule has 1 heterocycles. The van der Waals surface area contributed by atoms with Crippen LogP contribution in [0.1, 0.15) is 50.4 Å². The molecule has 2 fully saturated rings. The Balaban J connectivity index is 1.91. The van der Waals surface area contributed by atoms with Gasteiger partial charge in [0.25, 0.3) is 5.91 Å². The van der Waals surface area contributed by atoms with Crippen molar-refractivity contribution < 1.29 is 9.18 Å². The van der Waals surface area contributed by atoms with Crippen LogP contribution in [-0.2, 0) is 0 Å². The molecule has 3 nitrogen and oxygen atoms in total. The Morgan fingerprint density at radius 1 is 1.33 bits per heavy atom. The van der Waals surface area contributed by atoms with Crippen molar-refractivity contribution >= 4 is 11.6 Å². The molecule has 0 radical (unpaired) electrons. The average Bonchev–Trinajstić information content (AvgIpc) is 2.61. The summed E-state index contributed by atoms with van der Waals surface area (Å²) in [7, 11) is 0. The molecule has 1 aliphatic carbocycles. The molecule has 2 bridgehead atoms. The van der Waals surface area contributed by atoms with Gasteiger partial charge in [-0.2, -0.15) is 0 Å². The van der Waals surface area contributed by atoms with E-state index in [0.717, 1.165) is 19.3 Å². The number of anilines is 1. The molecule has 1 amide bonds. The number of likely N-dealkylation sites (tertiary alicyclic amines) is 1. The van der Waals surface area contributed by atoms with Crippen LogP contribution < -0.4 is 5.73 Å². The molecular weight excluding hydrogens is 267 g/mol. The van der Waals surface area contributed by atoms with Gasteiger partial charge >= 0.3 is 0 Å². The molecule has 1 aromatic rings. The van der Waals surface area contributed by atoms with Crippen LogP contribution in [0.3, 0.4) is 0 Å². The van der Waals surface area contributed by atoms with Crippen LogP contribution in [0.25, 0.3) is 0 Å². The second-order valence-electron chi connectivity index (χ2n) is 7.89. The fourth-order valence-corrected chi connectivity index (χ4v) is 4.56. The lowest BCUT2D eigenvalue weighted by molar-refractivity contribution is 0.0703. The Labute approximate surface area is 125 Å². The smallest absolute Gasteiger partial charge is 0.257 e. The number of nitrogens with zero attached hydrogens (tertiary/aromatic N) is 1. The number of rotatable bonds is 1. The fourth-order valence-electron chi connectivity index (χ4n) is 4.56. The van der Waals surface area contributed by atoms with E-state index in [1.807, 2.05) is 4.90 Å². The quantitative estimate of drug-likeness (QED) is 0.805. The van der Waals surface area contributed by atoms with Crippen LogP contribution >= 0.6 is 0 Å². The third-order valence-corrected chi connectivity index (χ3v) is 4.90. The molecule has 2 N–H and O–H groups in total. The van der Waals surface area contributed by atoms with Gasteiger partial charge in [-0.25, -0.2) is 4.39 Å². The summed E-state index contributed by atoms with van der Waals surface area (Å²) < 4.78 is 14.0. The number of halogens is 1. The summed E-state index contributed by atoms with van der Waals surface area (Å²) in [6.45, 7) is 7.47. The van der Waals surface area contributed by atoms with Crippen molar-refractivity contribution in [3.8, 4) is 0 Å². The predicted octanol–water partition coefficient (Wildman–Crippen LogP) is 3.45. The molecule has 1 saturated heterocycles. The van der Waals surface area contributed by atoms with Gasteiger partial charge in [-0.15, -0.1) is 0 Å². The number of amides is 1. The van der Waals surface area contributed by atoms with Crippen molar-refractivity contribution in [2.24, 2.45) is 10.8 Å². The lowest BCUT2D eigenvalue weighted by Gasteiger charge is -2.39. The Bertz CT molecular complexity index is 598. The molecule has 0 aromatic heterocycles. The zero-order valence-electron chi connectivity index (χ0n) is 12.9. The van der Waals surface area contributed by atoms with Crippen LogP contribution in [0.4, 0.5) is 10.1 Å². The molecule has 1 aliphatic heterocycles. The maximum atomic E-state index is 14.0. The number of hydrogen-bond acceptors (Lipinski definition) is 2. The zero-order valence-corrected chi connectivity index (χ0v) is 12.9. The molecular formula is C17H23FN2O. The van der Waals surface area contributed by atoms with Crippen molar-refractivity contribution in [2.45, 2.75) is 46.1 Å². The molecule has 1 aromatic carbocycles. The molecule has 114 valence electrons. The van der Waals surface area contributed by atoms with Crippen LogP contribution in [-0.4, -0.2) is 23.4 Å². The van der Waals surface area contributed by atoms with Crippen molar-refractivity contribution in [1.82, 2.24) is 4.90 Å². The summed E-state index contributed by atoms with van der Waals surface area (Å²) in [5, 5.41) is 0. The Hall–Kier alpha value is -1.58. The minimum absolute atomic E-state index is 0.101. The molecule has 2 aliphatic rings. The van der Waals surface area contributed by atoms with Gasteiger partial charge in [0.1, 0.15) is 5.82 Å². The van der Waals surface area contributed by atoms with Crippen LogP contribution in [0.2, 0.25) is 0 Å². The first-order chi connectivity index (χ1) is 9.69. The van der Waals surface area contributed by atoms with Gasteiger partial charge in [0, 0.05) is 18.3 Å². The first kappa shape index (κ1) is 14.4. The van der Waals surface area contributed by atoms with Crippen molar-refractivity contribution in [1.29, 1.82) is 0 Å². The first-order valence-corrected chi connectivity index (χ1v) is 7.55. The largest absolute Gasteiger partial charge is 0.399 e. The van der Waals surface area contributed by atoms with Crippen LogP contribution in [0.5, 0.6) is 0 Å². The second-order valence-corrected chi connectivity index (χ2v) is 7.89. The fraction of sp³-hybridized carbons (Fsp3) is 0.588. The molecule has 21 heavy (non-hydrogen) atoms. The minimum atomic E-state index is -0.486. The second kappa shape index (κ2) is 4.46. The number of carbonyl (C=O) groups excluding carboxylic acids is 1. The van der Waals surface area contributed by atoms with Gasteiger partial charge in [-0.1, -0.05) is 20.8 Å². The molecule has 3 rings (SSSR count). The summed E-state index contributed by atoms with van der Waals surface area (Å²) in [5.74, 6) is -0.703. The van der Waals surface area contributed by atoms with Gasteiger partial charge < -0.3 is 10.6 Å². The van der Waals surface area contributed by atoms with E-state index >= 15 is 0 Å². The number of nitrogen functional groups attached to an aromatic ring is 1. The van der Waals surface area contributed by atoms with E-state index in [2.05, 4.69) is 20.8 Å². The zero-order chi connectivity index (χ0) is 15.4. The monoisotopic (exact) mass is 290 g/mol. The van der Waals surface area contributed by atoms with E-state index in [1.54, 1.807) is 0 Å². The van der Waals surface area contributed by atoms with Gasteiger partial charge in [-0.05, 0) is 48.3 Å². The van der Waals surface area contributed by atoms with Crippen molar-refractivity contribution in [2.75, 3.05) is 12.3 Å². The van der Waals surface area contributed by atoms with Gasteiger partial charge in [0.2, 0.25) is 0 Å². The average molecular weight is 290 g/mol. The standard InChI is InChI=1S/C17H23FN2O/c1-16(2)7-12-8-17(3,9-16)10-20(12)15(21)13-6-11(19)4-5-14(13)18/h4-6,12H,7-10,19H2,1-3H3. The Morgan fingerprint density at radius 3 is 2.76 bits per heavy atom. The summed E-state index contributed by atoms with van der Waals surface area (Å²) in [6, 6.07) is 4.43. The van der Waals surface area contributed by atoms with E-state index in [9.17, 15) is 9.18 Å². The minimum Gasteiger partial charge on any atom is -0.399 e. The van der Waals surface area contributed by atoms with Crippen molar-refractivity contribution in [3.63, 3.8) is 0 Å². The highest BCUT2D eigenvalue weighted by molar-refractivity contribution is 5.95. The van der Waals surface area contributed by atoms with E-state index in [1.165, 1.54) is 18.2 Å². The highest BCUT2D eigenvalue weighted by atomic mass is 19.1. The number of carbonyl (C=O) groups is 1. The highest BCUT2D eigenvalue weighted by Crippen LogP contribution is 2.52. The molecule has 0 spiro atoms. The number of hydrogen-bond donors (Lipinski definition) is 1. The van der Waals surface area contributed by atoms with Crippen LogP contribution in [0, 0.1) is 16.6 Å². The van der Waals surface area contributed by atoms with E-state index in [-0.39, 0.29) is 28.3 Å².